The standard InChI is InChI=1S/C59H82N14O13S/c1-32(2)22-45(54(82)69-43(16-11-21-64-59(62)63-5)53(81)70-44(52(61)80)25-37-28-65-42-15-10-9-14-41(37)42)68-50(79)31-87-30-38(23-35-12-7-6-8-13-35)67-57(85)51(33(3)74)72-55(83)46(27-49(60)78)71-56(84)48-26-40(77)29-73(48)58(86)47(66-34(4)75)24-36-17-19-39(76)20-18-36/h6-10,12-15,17-20,28,32-33,38,40,43-48,51,65,74,76-77H,11,16,21-27,29-31H2,1-5H3,(H2,60,78)(H2,61,80)(H,66,75)(H,67,85)(H,68,79)(H,69,82)(H,70,81)(H,71,84)(H,72,83)(H3,62,63,64)/t33-,38+,40-,43+,44+,45+,46+,47-,48+,51+/m1/s1. The van der Waals surface area contributed by atoms with Crippen LogP contribution in [-0.2, 0) is 67.2 Å². The number of β-amino-alcohol motifs (C(OH)–C–C–N with tert-alkyl or cyclic N) is 1. The Kier molecular flexibility index (Phi) is 26.8. The quantitative estimate of drug-likeness (QED) is 0.0141. The molecule has 1 aliphatic rings. The van der Waals surface area contributed by atoms with Gasteiger partial charge in [-0.1, -0.05) is 74.5 Å². The number of fused-ring (bicyclic) bond motifs is 1. The number of aromatic nitrogens is 1. The van der Waals surface area contributed by atoms with Gasteiger partial charge in [-0.25, -0.2) is 0 Å². The summed E-state index contributed by atoms with van der Waals surface area (Å²) in [6.07, 6.45) is -1.33. The zero-order chi connectivity index (χ0) is 63.9. The fourth-order valence-corrected chi connectivity index (χ4v) is 10.8. The number of aliphatic imine (C=N–C) groups is 1. The van der Waals surface area contributed by atoms with Crippen molar-refractivity contribution in [2.24, 2.45) is 28.1 Å². The molecule has 5 rings (SSSR count). The topological polar surface area (TPSA) is 437 Å². The number of nitrogens with one attached hydrogen (secondary N) is 9. The average molecular weight is 1230 g/mol. The summed E-state index contributed by atoms with van der Waals surface area (Å²) in [7, 11) is 1.50. The smallest absolute Gasteiger partial charge is 0.246 e. The van der Waals surface area contributed by atoms with Gasteiger partial charge in [0.05, 0.1) is 24.4 Å². The van der Waals surface area contributed by atoms with Crippen LogP contribution in [0.2, 0.25) is 0 Å². The highest BCUT2D eigenvalue weighted by Gasteiger charge is 2.43. The number of hydrogen-bond donors (Lipinski definition) is 15. The lowest BCUT2D eigenvalue weighted by Gasteiger charge is -2.30. The van der Waals surface area contributed by atoms with Gasteiger partial charge in [0.25, 0.3) is 0 Å². The number of nitrogens with zero attached hydrogens (tertiary/aromatic N) is 2. The predicted molar refractivity (Wildman–Crippen MR) is 326 cm³/mol. The van der Waals surface area contributed by atoms with E-state index in [2.05, 4.69) is 52.5 Å². The van der Waals surface area contributed by atoms with Gasteiger partial charge in [-0.2, -0.15) is 0 Å². The van der Waals surface area contributed by atoms with Crippen molar-refractivity contribution < 1.29 is 63.3 Å². The summed E-state index contributed by atoms with van der Waals surface area (Å²) in [5, 5.41) is 53.6. The molecule has 0 saturated carbocycles. The number of nitrogens with two attached hydrogens (primary N) is 3. The Morgan fingerprint density at radius 3 is 2.01 bits per heavy atom. The molecule has 10 amide bonds. The maximum absolute atomic E-state index is 14.2. The highest BCUT2D eigenvalue weighted by Crippen LogP contribution is 2.23. The Labute approximate surface area is 508 Å². The number of aliphatic hydroxyl groups excluding tert-OH is 2. The Bertz CT molecular complexity index is 3050. The summed E-state index contributed by atoms with van der Waals surface area (Å²) in [5.74, 6) is -8.14. The van der Waals surface area contributed by atoms with Crippen molar-refractivity contribution in [2.75, 3.05) is 31.6 Å². The van der Waals surface area contributed by atoms with Crippen LogP contribution >= 0.6 is 11.8 Å². The number of amides is 10. The van der Waals surface area contributed by atoms with Crippen LogP contribution in [-0.4, -0.2) is 182 Å². The molecule has 87 heavy (non-hydrogen) atoms. The lowest BCUT2D eigenvalue weighted by Crippen LogP contribution is -2.60. The number of H-pyrrole nitrogens is 1. The lowest BCUT2D eigenvalue weighted by atomic mass is 10.0. The van der Waals surface area contributed by atoms with E-state index in [1.54, 1.807) is 48.7 Å². The number of likely N-dealkylation sites (tertiary alicyclic amines) is 1. The minimum atomic E-state index is -1.75. The van der Waals surface area contributed by atoms with Crippen molar-refractivity contribution in [3.05, 3.63) is 102 Å². The number of carbonyl (C=O) groups excluding carboxylic acids is 10. The molecule has 10 atom stereocenters. The second kappa shape index (κ2) is 33.8. The fraction of sp³-hybridized carbons (Fsp3) is 0.475. The SMILES string of the molecule is CN=C(N)NCCC[C@H](NC(=O)[C@H](CC(C)C)NC(=O)CSC[C@H](Cc1ccccc1)NC(=O)[C@@H](NC(=O)[C@H](CC(N)=O)NC(=O)[C@@H]1C[C@@H](O)CN1C(=O)[C@@H](Cc1ccc(O)cc1)NC(C)=O)[C@@H](C)O)C(=O)N[C@@H](Cc1c[nH]c2ccccc12)C(N)=O. The third-order valence-electron chi connectivity index (χ3n) is 14.2. The molecule has 18 N–H and O–H groups in total. The van der Waals surface area contributed by atoms with E-state index in [4.69, 9.17) is 17.2 Å². The first-order chi connectivity index (χ1) is 41.3. The van der Waals surface area contributed by atoms with Crippen molar-refractivity contribution in [3.63, 3.8) is 0 Å². The summed E-state index contributed by atoms with van der Waals surface area (Å²) in [4.78, 5) is 143. The summed E-state index contributed by atoms with van der Waals surface area (Å²) >= 11 is 1.10. The van der Waals surface area contributed by atoms with E-state index >= 15 is 0 Å². The largest absolute Gasteiger partial charge is 0.508 e. The van der Waals surface area contributed by atoms with E-state index in [1.807, 2.05) is 38.1 Å². The molecule has 3 aromatic carbocycles. The average Bonchev–Trinajstić information content (AvgIpc) is 2.36. The van der Waals surface area contributed by atoms with Gasteiger partial charge in [0.15, 0.2) is 5.96 Å². The number of primary amides is 2. The third kappa shape index (κ3) is 22.2. The summed E-state index contributed by atoms with van der Waals surface area (Å²) in [5.41, 5.74) is 20.0. The number of phenols is 1. The molecular weight excluding hydrogens is 1140 g/mol. The second-order valence-electron chi connectivity index (χ2n) is 21.9. The van der Waals surface area contributed by atoms with Gasteiger partial charge in [0, 0.05) is 75.2 Å². The van der Waals surface area contributed by atoms with E-state index < -0.39 is 126 Å². The Hall–Kier alpha value is -8.76. The van der Waals surface area contributed by atoms with Crippen LogP contribution in [0.1, 0.15) is 76.5 Å². The fourth-order valence-electron chi connectivity index (χ4n) is 9.89. The molecule has 1 saturated heterocycles. The molecule has 0 unspecified atom stereocenters. The minimum Gasteiger partial charge on any atom is -0.508 e. The Morgan fingerprint density at radius 1 is 0.724 bits per heavy atom. The third-order valence-corrected chi connectivity index (χ3v) is 15.3. The molecule has 1 aromatic heterocycles. The van der Waals surface area contributed by atoms with Crippen LogP contribution in [0.15, 0.2) is 90.1 Å². The van der Waals surface area contributed by atoms with Crippen molar-refractivity contribution in [1.82, 2.24) is 52.4 Å². The molecule has 1 fully saturated rings. The first-order valence-electron chi connectivity index (χ1n) is 28.5. The van der Waals surface area contributed by atoms with Gasteiger partial charge >= 0.3 is 0 Å². The van der Waals surface area contributed by atoms with Crippen LogP contribution in [0.4, 0.5) is 0 Å². The zero-order valence-electron chi connectivity index (χ0n) is 49.4. The van der Waals surface area contributed by atoms with Crippen LogP contribution in [0, 0.1) is 5.92 Å². The van der Waals surface area contributed by atoms with Crippen LogP contribution in [0.3, 0.4) is 0 Å². The van der Waals surface area contributed by atoms with Crippen molar-refractivity contribution in [1.29, 1.82) is 0 Å². The monoisotopic (exact) mass is 1230 g/mol. The summed E-state index contributed by atoms with van der Waals surface area (Å²) < 4.78 is 0. The van der Waals surface area contributed by atoms with Crippen LogP contribution in [0.25, 0.3) is 10.9 Å². The number of guanidine groups is 1. The molecule has 2 heterocycles. The molecular formula is C59H82N14O13S. The van der Waals surface area contributed by atoms with Gasteiger partial charge < -0.3 is 84.9 Å². The number of carbonyl (C=O) groups is 10. The maximum Gasteiger partial charge on any atom is 0.246 e. The number of aliphatic hydroxyl groups is 2. The molecule has 0 radical (unpaired) electrons. The predicted octanol–water partition coefficient (Wildman–Crippen LogP) is -1.89. The minimum absolute atomic E-state index is 0.0314. The molecule has 0 bridgehead atoms. The number of aromatic amines is 1. The number of thioether (sulfide) groups is 1. The highest BCUT2D eigenvalue weighted by atomic mass is 32.2. The van der Waals surface area contributed by atoms with Gasteiger partial charge in [0.1, 0.15) is 48.0 Å². The van der Waals surface area contributed by atoms with E-state index in [1.165, 1.54) is 33.0 Å². The highest BCUT2D eigenvalue weighted by molar-refractivity contribution is 8.00. The normalized spacial score (nSPS) is 16.8. The first-order valence-corrected chi connectivity index (χ1v) is 29.7. The van der Waals surface area contributed by atoms with Gasteiger partial charge in [0.2, 0.25) is 59.1 Å². The lowest BCUT2D eigenvalue weighted by molar-refractivity contribution is -0.142. The first kappa shape index (κ1) is 69.0. The molecule has 472 valence electrons. The number of rotatable bonds is 33. The van der Waals surface area contributed by atoms with E-state index in [9.17, 15) is 63.3 Å². The molecule has 4 aromatic rings. The molecule has 27 nitrogen and oxygen atoms in total. The molecule has 0 aliphatic carbocycles. The van der Waals surface area contributed by atoms with Gasteiger partial charge in [-0.3, -0.25) is 52.9 Å². The van der Waals surface area contributed by atoms with Gasteiger partial charge in [-0.05, 0) is 73.4 Å². The number of phenolic OH excluding ortho intramolecular Hbond substituents is 1. The maximum atomic E-state index is 14.2. The second-order valence-corrected chi connectivity index (χ2v) is 22.9. The number of para-hydroxylation sites is 1. The molecule has 0 spiro atoms. The van der Waals surface area contributed by atoms with Crippen molar-refractivity contribution in [3.8, 4) is 5.75 Å². The van der Waals surface area contributed by atoms with Crippen LogP contribution in [0.5, 0.6) is 5.75 Å². The Morgan fingerprint density at radius 2 is 1.37 bits per heavy atom. The Balaban J connectivity index is 1.25. The zero-order valence-corrected chi connectivity index (χ0v) is 50.2. The van der Waals surface area contributed by atoms with Gasteiger partial charge in [-0.15, -0.1) is 11.8 Å². The number of aromatic hydroxyl groups is 1. The van der Waals surface area contributed by atoms with Crippen LogP contribution < -0.4 is 59.7 Å². The number of benzene rings is 3. The molecule has 28 heteroatoms. The van der Waals surface area contributed by atoms with Crippen molar-refractivity contribution >= 4 is 87.7 Å². The van der Waals surface area contributed by atoms with E-state index in [-0.39, 0.29) is 80.7 Å². The van der Waals surface area contributed by atoms with E-state index in [0.717, 1.165) is 38.7 Å². The number of hydrogen-bond acceptors (Lipinski definition) is 15. The summed E-state index contributed by atoms with van der Waals surface area (Å²) in [6, 6.07) is 12.0. The summed E-state index contributed by atoms with van der Waals surface area (Å²) in [6.45, 7) is 6.08. The van der Waals surface area contributed by atoms with Crippen molar-refractivity contribution in [2.45, 2.75) is 140 Å². The van der Waals surface area contributed by atoms with E-state index in [0.29, 0.717) is 12.0 Å². The molecule has 1 aliphatic heterocycles.